The summed E-state index contributed by atoms with van der Waals surface area (Å²) in [6, 6.07) is 1.72. The average Bonchev–Trinajstić information content (AvgIpc) is 1.63. The summed E-state index contributed by atoms with van der Waals surface area (Å²) >= 11 is 0. The van der Waals surface area contributed by atoms with Crippen molar-refractivity contribution in [1.29, 1.82) is 5.26 Å². The topological polar surface area (TPSA) is 70.3 Å². The summed E-state index contributed by atoms with van der Waals surface area (Å²) in [5.74, 6) is 0. The molecular weight excluding hydrogens is 141 g/mol. The van der Waals surface area contributed by atoms with Crippen molar-refractivity contribution >= 4 is 8.25 Å². The van der Waals surface area contributed by atoms with Gasteiger partial charge in [-0.2, -0.15) is 5.26 Å². The van der Waals surface area contributed by atoms with Crippen molar-refractivity contribution in [2.45, 2.75) is 19.4 Å². The Morgan fingerprint density at radius 1 is 1.78 bits per heavy atom. The summed E-state index contributed by atoms with van der Waals surface area (Å²) in [4.78, 5) is 8.19. The summed E-state index contributed by atoms with van der Waals surface area (Å²) in [7, 11) is -2.98. The first-order valence-corrected chi connectivity index (χ1v) is 3.57. The number of nitriles is 1. The van der Waals surface area contributed by atoms with Crippen LogP contribution in [0.1, 0.15) is 13.8 Å². The molecule has 0 saturated heterocycles. The highest BCUT2D eigenvalue weighted by molar-refractivity contribution is 7.32. The standard InChI is InChI=1S/C4H8NO3P/c1-4(2,3-5)8-9(6)7/h9H,1-2H3,(H,6,7). The smallest absolute Gasteiger partial charge is 0.318 e. The molecule has 0 fully saturated rings. The molecule has 0 radical (unpaired) electrons. The van der Waals surface area contributed by atoms with Gasteiger partial charge < -0.3 is 4.89 Å². The van der Waals surface area contributed by atoms with E-state index in [9.17, 15) is 4.57 Å². The van der Waals surface area contributed by atoms with Crippen LogP contribution >= 0.6 is 8.25 Å². The molecule has 0 rings (SSSR count). The van der Waals surface area contributed by atoms with E-state index < -0.39 is 13.9 Å². The molecule has 0 aliphatic heterocycles. The highest BCUT2D eigenvalue weighted by Crippen LogP contribution is 2.24. The van der Waals surface area contributed by atoms with Gasteiger partial charge in [0.1, 0.15) is 0 Å². The van der Waals surface area contributed by atoms with Crippen LogP contribution in [0.3, 0.4) is 0 Å². The highest BCUT2D eigenvalue weighted by atomic mass is 31.1. The molecule has 0 amide bonds. The van der Waals surface area contributed by atoms with Crippen molar-refractivity contribution in [2.24, 2.45) is 0 Å². The van der Waals surface area contributed by atoms with E-state index in [0.29, 0.717) is 0 Å². The number of rotatable bonds is 2. The van der Waals surface area contributed by atoms with Gasteiger partial charge in [0, 0.05) is 0 Å². The van der Waals surface area contributed by atoms with Crippen LogP contribution in [-0.4, -0.2) is 10.5 Å². The maximum atomic E-state index is 9.99. The van der Waals surface area contributed by atoms with E-state index in [1.165, 1.54) is 13.8 Å². The van der Waals surface area contributed by atoms with Gasteiger partial charge in [-0.3, -0.25) is 9.09 Å². The van der Waals surface area contributed by atoms with Gasteiger partial charge in [-0.15, -0.1) is 0 Å². The molecular formula is C4H8NO3P. The molecule has 1 unspecified atom stereocenters. The van der Waals surface area contributed by atoms with Crippen molar-refractivity contribution in [3.05, 3.63) is 0 Å². The molecule has 1 atom stereocenters. The Hall–Kier alpha value is -0.360. The van der Waals surface area contributed by atoms with Gasteiger partial charge in [0.05, 0.1) is 6.07 Å². The van der Waals surface area contributed by atoms with Gasteiger partial charge in [0.25, 0.3) is 0 Å². The van der Waals surface area contributed by atoms with Crippen LogP contribution in [0.2, 0.25) is 0 Å². The molecule has 0 aromatic carbocycles. The fourth-order valence-corrected chi connectivity index (χ4v) is 0.723. The molecule has 0 aromatic heterocycles. The van der Waals surface area contributed by atoms with Gasteiger partial charge in [-0.25, -0.2) is 0 Å². The molecule has 0 heterocycles. The molecule has 5 heteroatoms. The van der Waals surface area contributed by atoms with E-state index in [2.05, 4.69) is 4.52 Å². The Labute approximate surface area is 54.0 Å². The first-order valence-electron chi connectivity index (χ1n) is 2.31. The lowest BCUT2D eigenvalue weighted by Crippen LogP contribution is -2.17. The Bertz CT molecular complexity index is 160. The maximum Gasteiger partial charge on any atom is 0.318 e. The molecule has 1 N–H and O–H groups in total. The van der Waals surface area contributed by atoms with E-state index in [-0.39, 0.29) is 0 Å². The Kier molecular flexibility index (Phi) is 2.86. The van der Waals surface area contributed by atoms with Crippen molar-refractivity contribution < 1.29 is 14.0 Å². The van der Waals surface area contributed by atoms with Crippen molar-refractivity contribution in [2.75, 3.05) is 0 Å². The summed E-state index contributed by atoms with van der Waals surface area (Å²) < 4.78 is 14.3. The third kappa shape index (κ3) is 4.16. The lowest BCUT2D eigenvalue weighted by Gasteiger charge is -2.12. The second-order valence-electron chi connectivity index (χ2n) is 1.99. The SMILES string of the molecule is CC(C)(C#N)O[PH](=O)O. The zero-order valence-electron chi connectivity index (χ0n) is 5.21. The average molecular weight is 149 g/mol. The predicted molar refractivity (Wildman–Crippen MR) is 32.0 cm³/mol. The zero-order valence-corrected chi connectivity index (χ0v) is 6.21. The molecule has 0 saturated carbocycles. The van der Waals surface area contributed by atoms with Gasteiger partial charge in [-0.05, 0) is 13.8 Å². The van der Waals surface area contributed by atoms with Crippen molar-refractivity contribution in [3.63, 3.8) is 0 Å². The minimum Gasteiger partial charge on any atom is -0.326 e. The predicted octanol–water partition coefficient (Wildman–Crippen LogP) is 0.687. The Morgan fingerprint density at radius 2 is 2.22 bits per heavy atom. The maximum absolute atomic E-state index is 9.99. The van der Waals surface area contributed by atoms with Crippen LogP contribution in [0.5, 0.6) is 0 Å². The molecule has 0 bridgehead atoms. The third-order valence-corrected chi connectivity index (χ3v) is 1.30. The number of hydrogen-bond acceptors (Lipinski definition) is 3. The summed E-state index contributed by atoms with van der Waals surface area (Å²) in [5.41, 5.74) is -1.15. The van der Waals surface area contributed by atoms with Crippen LogP contribution in [0.15, 0.2) is 0 Å². The van der Waals surface area contributed by atoms with Gasteiger partial charge >= 0.3 is 8.25 Å². The van der Waals surface area contributed by atoms with Crippen LogP contribution < -0.4 is 0 Å². The van der Waals surface area contributed by atoms with Crippen LogP contribution in [-0.2, 0) is 9.09 Å². The molecule has 52 valence electrons. The molecule has 9 heavy (non-hydrogen) atoms. The lowest BCUT2D eigenvalue weighted by atomic mass is 10.2. The zero-order chi connectivity index (χ0) is 7.49. The van der Waals surface area contributed by atoms with E-state index in [4.69, 9.17) is 10.2 Å². The quantitative estimate of drug-likeness (QED) is 0.586. The Balaban J connectivity index is 3.91. The molecule has 0 aromatic rings. The number of nitrogens with zero attached hydrogens (tertiary/aromatic N) is 1. The summed E-state index contributed by atoms with van der Waals surface area (Å²) in [6.45, 7) is 2.84. The van der Waals surface area contributed by atoms with Crippen molar-refractivity contribution in [3.8, 4) is 6.07 Å². The van der Waals surface area contributed by atoms with E-state index in [0.717, 1.165) is 0 Å². The second kappa shape index (κ2) is 2.98. The first-order chi connectivity index (χ1) is 3.98. The third-order valence-electron chi connectivity index (χ3n) is 0.612. The van der Waals surface area contributed by atoms with Gasteiger partial charge in [-0.1, -0.05) is 0 Å². The van der Waals surface area contributed by atoms with Gasteiger partial charge in [0.15, 0.2) is 5.60 Å². The van der Waals surface area contributed by atoms with Crippen LogP contribution in [0, 0.1) is 11.3 Å². The van der Waals surface area contributed by atoms with E-state index in [1.807, 2.05) is 0 Å². The van der Waals surface area contributed by atoms with Gasteiger partial charge in [0.2, 0.25) is 0 Å². The molecule has 0 spiro atoms. The normalized spacial score (nSPS) is 14.4. The summed E-state index contributed by atoms with van der Waals surface area (Å²) in [6.07, 6.45) is 0. The van der Waals surface area contributed by atoms with Crippen molar-refractivity contribution in [1.82, 2.24) is 0 Å². The number of hydrogen-bond donors (Lipinski definition) is 1. The molecule has 0 aliphatic carbocycles. The van der Waals surface area contributed by atoms with Crippen LogP contribution in [0.25, 0.3) is 0 Å². The minimum atomic E-state index is -2.98. The largest absolute Gasteiger partial charge is 0.326 e. The second-order valence-corrected chi connectivity index (χ2v) is 2.73. The summed E-state index contributed by atoms with van der Waals surface area (Å²) in [5, 5.41) is 8.23. The lowest BCUT2D eigenvalue weighted by molar-refractivity contribution is 0.159. The monoisotopic (exact) mass is 149 g/mol. The van der Waals surface area contributed by atoms with Crippen LogP contribution in [0.4, 0.5) is 0 Å². The highest BCUT2D eigenvalue weighted by Gasteiger charge is 2.18. The minimum absolute atomic E-state index is 1.15. The fraction of sp³-hybridized carbons (Fsp3) is 0.750. The molecule has 0 aliphatic rings. The van der Waals surface area contributed by atoms with E-state index in [1.54, 1.807) is 6.07 Å². The Morgan fingerprint density at radius 3 is 2.33 bits per heavy atom. The first kappa shape index (κ1) is 8.64. The van der Waals surface area contributed by atoms with E-state index >= 15 is 0 Å². The fourth-order valence-electron chi connectivity index (χ4n) is 0.241. The molecule has 4 nitrogen and oxygen atoms in total.